The molecule has 1 aliphatic heterocycles. The number of benzene rings is 1. The average molecular weight is 328 g/mol. The van der Waals surface area contributed by atoms with E-state index in [0.717, 1.165) is 25.2 Å². The van der Waals surface area contributed by atoms with Gasteiger partial charge in [-0.2, -0.15) is 0 Å². The summed E-state index contributed by atoms with van der Waals surface area (Å²) >= 11 is 6.05. The first-order chi connectivity index (χ1) is 10.7. The van der Waals surface area contributed by atoms with Crippen LogP contribution in [-0.4, -0.2) is 52.6 Å². The highest BCUT2D eigenvalue weighted by Gasteiger charge is 2.16. The minimum atomic E-state index is -0.243. The van der Waals surface area contributed by atoms with E-state index in [4.69, 9.17) is 21.1 Å². The van der Waals surface area contributed by atoms with Crippen LogP contribution >= 0.6 is 11.6 Å². The van der Waals surface area contributed by atoms with E-state index in [2.05, 4.69) is 15.5 Å². The van der Waals surface area contributed by atoms with Crippen molar-refractivity contribution >= 4 is 29.0 Å². The Morgan fingerprint density at radius 2 is 2.18 bits per heavy atom. The summed E-state index contributed by atoms with van der Waals surface area (Å²) in [6.07, 6.45) is 0.774. The number of nitrogens with zero attached hydrogens (tertiary/aromatic N) is 1. The normalized spacial score (nSPS) is 14.7. The number of anilines is 2. The molecule has 0 atom stereocenters. The van der Waals surface area contributed by atoms with Gasteiger partial charge < -0.3 is 25.0 Å². The second kappa shape index (κ2) is 8.82. The Labute approximate surface area is 135 Å². The van der Waals surface area contributed by atoms with Gasteiger partial charge in [-0.05, 0) is 24.6 Å². The number of rotatable bonds is 6. The molecule has 0 aliphatic carbocycles. The maximum absolute atomic E-state index is 12.0. The Kier molecular flexibility index (Phi) is 6.76. The highest BCUT2D eigenvalue weighted by Crippen LogP contribution is 2.29. The standard InChI is InChI=1S/C15H22ClN3O3/c1-21-8-2-5-17-15(20)18-13-11-12(16)3-4-14(13)19-6-9-22-10-7-19/h3-4,11H,2,5-10H2,1H3,(H2,17,18,20). The van der Waals surface area contributed by atoms with E-state index in [1.54, 1.807) is 13.2 Å². The molecule has 7 heteroatoms. The molecule has 0 unspecified atom stereocenters. The molecule has 1 fully saturated rings. The number of hydrogen-bond donors (Lipinski definition) is 2. The van der Waals surface area contributed by atoms with Crippen LogP contribution in [0.3, 0.4) is 0 Å². The first-order valence-corrected chi connectivity index (χ1v) is 7.74. The third kappa shape index (κ3) is 5.05. The van der Waals surface area contributed by atoms with Crippen LogP contribution in [0.2, 0.25) is 5.02 Å². The van der Waals surface area contributed by atoms with Gasteiger partial charge in [-0.25, -0.2) is 4.79 Å². The van der Waals surface area contributed by atoms with Crippen molar-refractivity contribution in [2.45, 2.75) is 6.42 Å². The largest absolute Gasteiger partial charge is 0.385 e. The van der Waals surface area contributed by atoms with E-state index in [1.165, 1.54) is 0 Å². The molecule has 122 valence electrons. The van der Waals surface area contributed by atoms with E-state index in [1.807, 2.05) is 12.1 Å². The van der Waals surface area contributed by atoms with E-state index < -0.39 is 0 Å². The number of halogens is 1. The van der Waals surface area contributed by atoms with Gasteiger partial charge in [0.25, 0.3) is 0 Å². The van der Waals surface area contributed by atoms with Crippen LogP contribution in [0.1, 0.15) is 6.42 Å². The molecular formula is C15H22ClN3O3. The molecule has 0 bridgehead atoms. The van der Waals surface area contributed by atoms with Gasteiger partial charge in [0.15, 0.2) is 0 Å². The summed E-state index contributed by atoms with van der Waals surface area (Å²) in [4.78, 5) is 14.2. The fraction of sp³-hybridized carbons (Fsp3) is 0.533. The third-order valence-corrected chi connectivity index (χ3v) is 3.60. The number of nitrogens with one attached hydrogen (secondary N) is 2. The van der Waals surface area contributed by atoms with E-state index in [-0.39, 0.29) is 6.03 Å². The zero-order valence-electron chi connectivity index (χ0n) is 12.7. The first-order valence-electron chi connectivity index (χ1n) is 7.37. The summed E-state index contributed by atoms with van der Waals surface area (Å²) < 4.78 is 10.3. The summed E-state index contributed by atoms with van der Waals surface area (Å²) in [6, 6.07) is 5.27. The second-order valence-electron chi connectivity index (χ2n) is 4.99. The lowest BCUT2D eigenvalue weighted by atomic mass is 10.2. The topological polar surface area (TPSA) is 62.8 Å². The molecule has 1 heterocycles. The lowest BCUT2D eigenvalue weighted by Gasteiger charge is -2.30. The molecule has 6 nitrogen and oxygen atoms in total. The van der Waals surface area contributed by atoms with Gasteiger partial charge in [0.2, 0.25) is 0 Å². The van der Waals surface area contributed by atoms with Gasteiger partial charge >= 0.3 is 6.03 Å². The molecule has 2 N–H and O–H groups in total. The SMILES string of the molecule is COCCCNC(=O)Nc1cc(Cl)ccc1N1CCOCC1. The molecule has 0 saturated carbocycles. The smallest absolute Gasteiger partial charge is 0.319 e. The van der Waals surface area contributed by atoms with Gasteiger partial charge in [0.05, 0.1) is 24.6 Å². The molecule has 1 aromatic rings. The molecule has 1 aromatic carbocycles. The van der Waals surface area contributed by atoms with E-state index in [0.29, 0.717) is 37.1 Å². The Hall–Kier alpha value is -1.50. The van der Waals surface area contributed by atoms with Crippen LogP contribution in [0.4, 0.5) is 16.2 Å². The Morgan fingerprint density at radius 1 is 1.41 bits per heavy atom. The Balaban J connectivity index is 1.99. The van der Waals surface area contributed by atoms with Crippen molar-refractivity contribution in [2.75, 3.05) is 56.8 Å². The monoisotopic (exact) mass is 327 g/mol. The zero-order chi connectivity index (χ0) is 15.8. The minimum Gasteiger partial charge on any atom is -0.385 e. The lowest BCUT2D eigenvalue weighted by molar-refractivity contribution is 0.123. The number of ether oxygens (including phenoxy) is 2. The summed E-state index contributed by atoms with van der Waals surface area (Å²) in [5.41, 5.74) is 1.67. The molecule has 0 spiro atoms. The minimum absolute atomic E-state index is 0.243. The Bertz CT molecular complexity index is 493. The maximum Gasteiger partial charge on any atom is 0.319 e. The van der Waals surface area contributed by atoms with Crippen molar-refractivity contribution < 1.29 is 14.3 Å². The van der Waals surface area contributed by atoms with E-state index in [9.17, 15) is 4.79 Å². The van der Waals surface area contributed by atoms with Crippen molar-refractivity contribution in [3.8, 4) is 0 Å². The van der Waals surface area contributed by atoms with Crippen molar-refractivity contribution in [3.05, 3.63) is 23.2 Å². The van der Waals surface area contributed by atoms with Gasteiger partial charge in [-0.1, -0.05) is 11.6 Å². The predicted molar refractivity (Wildman–Crippen MR) is 88.0 cm³/mol. The van der Waals surface area contributed by atoms with Crippen molar-refractivity contribution in [2.24, 2.45) is 0 Å². The highest BCUT2D eigenvalue weighted by molar-refractivity contribution is 6.31. The molecule has 0 radical (unpaired) electrons. The maximum atomic E-state index is 12.0. The summed E-state index contributed by atoms with van der Waals surface area (Å²) in [5, 5.41) is 6.26. The van der Waals surface area contributed by atoms with Gasteiger partial charge in [0.1, 0.15) is 0 Å². The number of methoxy groups -OCH3 is 1. The molecule has 22 heavy (non-hydrogen) atoms. The predicted octanol–water partition coefficient (Wildman–Crippen LogP) is 2.33. The lowest BCUT2D eigenvalue weighted by Crippen LogP contribution is -2.37. The van der Waals surface area contributed by atoms with Crippen LogP contribution in [-0.2, 0) is 9.47 Å². The molecule has 2 amide bonds. The van der Waals surface area contributed by atoms with Gasteiger partial charge in [0, 0.05) is 38.4 Å². The fourth-order valence-corrected chi connectivity index (χ4v) is 2.45. The zero-order valence-corrected chi connectivity index (χ0v) is 13.5. The first kappa shape index (κ1) is 16.9. The quantitative estimate of drug-likeness (QED) is 0.787. The Morgan fingerprint density at radius 3 is 2.91 bits per heavy atom. The van der Waals surface area contributed by atoms with Crippen molar-refractivity contribution in [1.29, 1.82) is 0 Å². The summed E-state index contributed by atoms with van der Waals surface area (Å²) in [6.45, 7) is 4.15. The molecule has 1 aliphatic rings. The highest BCUT2D eigenvalue weighted by atomic mass is 35.5. The van der Waals surface area contributed by atoms with Crippen LogP contribution in [0.25, 0.3) is 0 Å². The van der Waals surface area contributed by atoms with Crippen LogP contribution < -0.4 is 15.5 Å². The average Bonchev–Trinajstić information content (AvgIpc) is 2.53. The summed E-state index contributed by atoms with van der Waals surface area (Å²) in [5.74, 6) is 0. The van der Waals surface area contributed by atoms with Crippen molar-refractivity contribution in [3.63, 3.8) is 0 Å². The third-order valence-electron chi connectivity index (χ3n) is 3.37. The van der Waals surface area contributed by atoms with E-state index >= 15 is 0 Å². The fourth-order valence-electron chi connectivity index (χ4n) is 2.27. The second-order valence-corrected chi connectivity index (χ2v) is 5.42. The number of morpholine rings is 1. The van der Waals surface area contributed by atoms with Crippen molar-refractivity contribution in [1.82, 2.24) is 5.32 Å². The molecule has 1 saturated heterocycles. The molecule has 0 aromatic heterocycles. The van der Waals surface area contributed by atoms with Gasteiger partial charge in [-0.15, -0.1) is 0 Å². The van der Waals surface area contributed by atoms with Crippen LogP contribution in [0, 0.1) is 0 Å². The number of carbonyl (C=O) groups excluding carboxylic acids is 1. The molecule has 2 rings (SSSR count). The number of amides is 2. The number of hydrogen-bond acceptors (Lipinski definition) is 4. The molecular weight excluding hydrogens is 306 g/mol. The summed E-state index contributed by atoms with van der Waals surface area (Å²) in [7, 11) is 1.64. The van der Waals surface area contributed by atoms with Crippen LogP contribution in [0.15, 0.2) is 18.2 Å². The number of carbonyl (C=O) groups is 1. The van der Waals surface area contributed by atoms with Gasteiger partial charge in [-0.3, -0.25) is 0 Å². The van der Waals surface area contributed by atoms with Crippen LogP contribution in [0.5, 0.6) is 0 Å². The number of urea groups is 1.